The van der Waals surface area contributed by atoms with Crippen molar-refractivity contribution in [2.45, 2.75) is 76.7 Å². The maximum atomic E-state index is 4.52. The first-order chi connectivity index (χ1) is 10.2. The summed E-state index contributed by atoms with van der Waals surface area (Å²) in [7, 11) is 0. The largest absolute Gasteiger partial charge is 0.331 e. The summed E-state index contributed by atoms with van der Waals surface area (Å²) in [4.78, 5) is 4.52. The van der Waals surface area contributed by atoms with Gasteiger partial charge in [0.05, 0.1) is 6.33 Å². The van der Waals surface area contributed by atoms with E-state index in [4.69, 9.17) is 0 Å². The third kappa shape index (κ3) is 3.18. The summed E-state index contributed by atoms with van der Waals surface area (Å²) in [6, 6.07) is 0.697. The Labute approximate surface area is 129 Å². The Morgan fingerprint density at radius 2 is 1.95 bits per heavy atom. The van der Waals surface area contributed by atoms with Crippen molar-refractivity contribution in [1.29, 1.82) is 0 Å². The Kier molecular flexibility index (Phi) is 4.68. The van der Waals surface area contributed by atoms with Gasteiger partial charge in [0, 0.05) is 23.3 Å². The van der Waals surface area contributed by atoms with Crippen molar-refractivity contribution in [2.24, 2.45) is 5.92 Å². The zero-order valence-electron chi connectivity index (χ0n) is 13.8. The highest BCUT2D eigenvalue weighted by atomic mass is 15.1. The molecule has 1 saturated heterocycles. The van der Waals surface area contributed by atoms with Gasteiger partial charge in [0.15, 0.2) is 0 Å². The van der Waals surface area contributed by atoms with Crippen LogP contribution in [-0.2, 0) is 5.41 Å². The fourth-order valence-electron chi connectivity index (χ4n) is 4.42. The van der Waals surface area contributed by atoms with E-state index in [1.54, 1.807) is 0 Å². The summed E-state index contributed by atoms with van der Waals surface area (Å²) in [6.45, 7) is 7.04. The summed E-state index contributed by atoms with van der Waals surface area (Å²) >= 11 is 0. The maximum Gasteiger partial charge on any atom is 0.0950 e. The molecule has 21 heavy (non-hydrogen) atoms. The number of hydrogen-bond acceptors (Lipinski definition) is 2. The van der Waals surface area contributed by atoms with Crippen molar-refractivity contribution in [3.8, 4) is 0 Å². The molecule has 0 atom stereocenters. The molecule has 0 aromatic carbocycles. The Balaban J connectivity index is 1.71. The van der Waals surface area contributed by atoms with E-state index in [1.165, 1.54) is 57.1 Å². The Hall–Kier alpha value is -0.830. The van der Waals surface area contributed by atoms with Gasteiger partial charge in [0.25, 0.3) is 0 Å². The van der Waals surface area contributed by atoms with Crippen LogP contribution in [0.5, 0.6) is 0 Å². The number of imidazole rings is 1. The van der Waals surface area contributed by atoms with Crippen LogP contribution in [0.25, 0.3) is 0 Å². The number of nitrogens with zero attached hydrogens (tertiary/aromatic N) is 2. The van der Waals surface area contributed by atoms with Crippen molar-refractivity contribution in [1.82, 2.24) is 14.9 Å². The Bertz CT molecular complexity index is 437. The minimum absolute atomic E-state index is 0.321. The zero-order chi connectivity index (χ0) is 14.7. The van der Waals surface area contributed by atoms with Gasteiger partial charge in [-0.15, -0.1) is 0 Å². The second-order valence-corrected chi connectivity index (χ2v) is 7.46. The van der Waals surface area contributed by atoms with Crippen LogP contribution < -0.4 is 5.32 Å². The fraction of sp³-hybridized carbons (Fsp3) is 0.833. The monoisotopic (exact) mass is 289 g/mol. The predicted octanol–water partition coefficient (Wildman–Crippen LogP) is 4.06. The number of aromatic nitrogens is 2. The van der Waals surface area contributed by atoms with E-state index < -0.39 is 0 Å². The van der Waals surface area contributed by atoms with Crippen molar-refractivity contribution in [3.63, 3.8) is 0 Å². The third-order valence-electron chi connectivity index (χ3n) is 5.90. The molecule has 1 N–H and O–H groups in total. The molecule has 118 valence electrons. The molecule has 0 spiro atoms. The minimum atomic E-state index is 0.321. The first-order valence-corrected chi connectivity index (χ1v) is 8.96. The molecule has 3 rings (SSSR count). The van der Waals surface area contributed by atoms with Gasteiger partial charge in [0.2, 0.25) is 0 Å². The van der Waals surface area contributed by atoms with Crippen LogP contribution in [0.15, 0.2) is 12.5 Å². The van der Waals surface area contributed by atoms with Crippen LogP contribution in [0.1, 0.15) is 76.9 Å². The molecule has 0 unspecified atom stereocenters. The van der Waals surface area contributed by atoms with Crippen molar-refractivity contribution < 1.29 is 0 Å². The molecule has 1 aromatic heterocycles. The summed E-state index contributed by atoms with van der Waals surface area (Å²) in [5.74, 6) is 0.979. The summed E-state index contributed by atoms with van der Waals surface area (Å²) in [5, 5.41) is 3.49. The van der Waals surface area contributed by atoms with Crippen LogP contribution in [0.2, 0.25) is 0 Å². The standard InChI is InChI=1S/C18H31N3/c1-3-4-15-5-7-16(8-6-15)21-14-20-13-17(21)18(2)9-11-19-12-10-18/h13-16,19H,3-12H2,1-2H3. The molecule has 0 amide bonds. The summed E-state index contributed by atoms with van der Waals surface area (Å²) in [5.41, 5.74) is 1.81. The maximum absolute atomic E-state index is 4.52. The average molecular weight is 289 g/mol. The first-order valence-electron chi connectivity index (χ1n) is 8.96. The number of rotatable bonds is 4. The second-order valence-electron chi connectivity index (χ2n) is 7.46. The van der Waals surface area contributed by atoms with Crippen molar-refractivity contribution in [3.05, 3.63) is 18.2 Å². The van der Waals surface area contributed by atoms with Crippen LogP contribution in [0.3, 0.4) is 0 Å². The molecule has 2 aliphatic rings. The molecular weight excluding hydrogens is 258 g/mol. The van der Waals surface area contributed by atoms with Gasteiger partial charge in [0.1, 0.15) is 0 Å². The van der Waals surface area contributed by atoms with Crippen LogP contribution >= 0.6 is 0 Å². The lowest BCUT2D eigenvalue weighted by molar-refractivity contribution is 0.243. The SMILES string of the molecule is CCCC1CCC(n2cncc2C2(C)CCNCC2)CC1. The predicted molar refractivity (Wildman–Crippen MR) is 87.6 cm³/mol. The molecular formula is C18H31N3. The number of hydrogen-bond donors (Lipinski definition) is 1. The Morgan fingerprint density at radius 3 is 2.62 bits per heavy atom. The molecule has 1 aliphatic heterocycles. The molecule has 1 aromatic rings. The lowest BCUT2D eigenvalue weighted by Gasteiger charge is -2.37. The van der Waals surface area contributed by atoms with Crippen LogP contribution in [0.4, 0.5) is 0 Å². The van der Waals surface area contributed by atoms with E-state index in [1.807, 2.05) is 0 Å². The molecule has 3 nitrogen and oxygen atoms in total. The molecule has 3 heteroatoms. The van der Waals surface area contributed by atoms with Gasteiger partial charge in [-0.2, -0.15) is 0 Å². The second kappa shape index (κ2) is 6.51. The summed E-state index contributed by atoms with van der Waals surface area (Å²) in [6.07, 6.45) is 15.0. The molecule has 0 radical (unpaired) electrons. The fourth-order valence-corrected chi connectivity index (χ4v) is 4.42. The Morgan fingerprint density at radius 1 is 1.24 bits per heavy atom. The lowest BCUT2D eigenvalue weighted by Crippen LogP contribution is -2.39. The van der Waals surface area contributed by atoms with Gasteiger partial charge in [-0.05, 0) is 57.5 Å². The quantitative estimate of drug-likeness (QED) is 0.906. The van der Waals surface area contributed by atoms with E-state index in [9.17, 15) is 0 Å². The van der Waals surface area contributed by atoms with Gasteiger partial charge in [-0.3, -0.25) is 0 Å². The highest BCUT2D eigenvalue weighted by Crippen LogP contribution is 2.39. The van der Waals surface area contributed by atoms with E-state index >= 15 is 0 Å². The van der Waals surface area contributed by atoms with Gasteiger partial charge < -0.3 is 9.88 Å². The lowest BCUT2D eigenvalue weighted by atomic mass is 9.77. The van der Waals surface area contributed by atoms with Gasteiger partial charge >= 0.3 is 0 Å². The zero-order valence-corrected chi connectivity index (χ0v) is 13.8. The van der Waals surface area contributed by atoms with Crippen molar-refractivity contribution in [2.75, 3.05) is 13.1 Å². The van der Waals surface area contributed by atoms with E-state index in [0.717, 1.165) is 19.0 Å². The van der Waals surface area contributed by atoms with Crippen LogP contribution in [0, 0.1) is 5.92 Å². The highest BCUT2D eigenvalue weighted by Gasteiger charge is 2.33. The normalized spacial score (nSPS) is 29.4. The highest BCUT2D eigenvalue weighted by molar-refractivity contribution is 5.16. The molecule has 1 saturated carbocycles. The van der Waals surface area contributed by atoms with Gasteiger partial charge in [-0.25, -0.2) is 4.98 Å². The molecule has 2 fully saturated rings. The van der Waals surface area contributed by atoms with Crippen LogP contribution in [-0.4, -0.2) is 22.6 Å². The minimum Gasteiger partial charge on any atom is -0.331 e. The number of nitrogens with one attached hydrogen (secondary N) is 1. The molecule has 2 heterocycles. The summed E-state index contributed by atoms with van der Waals surface area (Å²) < 4.78 is 2.54. The van der Waals surface area contributed by atoms with Crippen molar-refractivity contribution >= 4 is 0 Å². The van der Waals surface area contributed by atoms with Gasteiger partial charge in [-0.1, -0.05) is 26.7 Å². The molecule has 0 bridgehead atoms. The van der Waals surface area contributed by atoms with E-state index in [0.29, 0.717) is 11.5 Å². The third-order valence-corrected chi connectivity index (χ3v) is 5.90. The molecule has 1 aliphatic carbocycles. The van der Waals surface area contributed by atoms with E-state index in [-0.39, 0.29) is 0 Å². The topological polar surface area (TPSA) is 29.9 Å². The number of piperidine rings is 1. The first kappa shape index (κ1) is 15.1. The van der Waals surface area contributed by atoms with E-state index in [2.05, 4.69) is 41.2 Å². The average Bonchev–Trinajstić information content (AvgIpc) is 2.99. The smallest absolute Gasteiger partial charge is 0.0950 e.